The first-order chi connectivity index (χ1) is 9.90. The fourth-order valence-electron chi connectivity index (χ4n) is 1.70. The molecule has 4 nitrogen and oxygen atoms in total. The van der Waals surface area contributed by atoms with Crippen LogP contribution in [0.4, 0.5) is 5.69 Å². The number of aromatic carboxylic acids is 1. The van der Waals surface area contributed by atoms with Gasteiger partial charge in [-0.2, -0.15) is 0 Å². The molecule has 0 aliphatic carbocycles. The van der Waals surface area contributed by atoms with Gasteiger partial charge in [0, 0.05) is 9.13 Å². The van der Waals surface area contributed by atoms with E-state index >= 15 is 0 Å². The Kier molecular flexibility index (Phi) is 5.08. The number of carbonyl (C=O) groups is 2. The van der Waals surface area contributed by atoms with Gasteiger partial charge in [0.1, 0.15) is 5.56 Å². The van der Waals surface area contributed by atoms with Gasteiger partial charge in [-0.15, -0.1) is 0 Å². The highest BCUT2D eigenvalue weighted by molar-refractivity contribution is 14.1. The lowest BCUT2D eigenvalue weighted by molar-refractivity contribution is 0.0698. The minimum Gasteiger partial charge on any atom is -0.478 e. The highest BCUT2D eigenvalue weighted by Crippen LogP contribution is 2.32. The van der Waals surface area contributed by atoms with E-state index in [2.05, 4.69) is 27.9 Å². The Morgan fingerprint density at radius 3 is 2.38 bits per heavy atom. The molecule has 0 unspecified atom stereocenters. The first-order valence-electron chi connectivity index (χ1n) is 5.68. The lowest BCUT2D eigenvalue weighted by Gasteiger charge is -2.12. The van der Waals surface area contributed by atoms with Crippen molar-refractivity contribution >= 4 is 63.4 Å². The summed E-state index contributed by atoms with van der Waals surface area (Å²) in [6.45, 7) is 0. The van der Waals surface area contributed by atoms with Crippen molar-refractivity contribution in [2.24, 2.45) is 0 Å². The van der Waals surface area contributed by atoms with Crippen molar-refractivity contribution in [2.45, 2.75) is 0 Å². The molecule has 7 heteroatoms. The van der Waals surface area contributed by atoms with Crippen molar-refractivity contribution in [1.82, 2.24) is 0 Å². The van der Waals surface area contributed by atoms with Gasteiger partial charge in [-0.05, 0) is 52.9 Å². The summed E-state index contributed by atoms with van der Waals surface area (Å²) in [5.41, 5.74) is 0.151. The Bertz CT molecular complexity index is 734. The summed E-state index contributed by atoms with van der Waals surface area (Å²) in [5.74, 6) is -1.72. The van der Waals surface area contributed by atoms with Gasteiger partial charge >= 0.3 is 5.97 Å². The lowest BCUT2D eigenvalue weighted by atomic mass is 10.1. The molecule has 0 radical (unpaired) electrons. The molecule has 2 rings (SSSR count). The first-order valence-corrected chi connectivity index (χ1v) is 7.52. The van der Waals surface area contributed by atoms with Crippen LogP contribution < -0.4 is 5.32 Å². The van der Waals surface area contributed by atoms with Gasteiger partial charge in [0.25, 0.3) is 5.91 Å². The third-order valence-corrected chi connectivity index (χ3v) is 3.94. The predicted octanol–water partition coefficient (Wildman–Crippen LogP) is 4.55. The number of anilines is 1. The summed E-state index contributed by atoms with van der Waals surface area (Å²) in [6.07, 6.45) is 0. The molecule has 0 atom stereocenters. The molecular formula is C14H8Cl2INO3. The van der Waals surface area contributed by atoms with Gasteiger partial charge in [-0.3, -0.25) is 4.79 Å². The van der Waals surface area contributed by atoms with E-state index in [4.69, 9.17) is 23.2 Å². The summed E-state index contributed by atoms with van der Waals surface area (Å²) >= 11 is 13.9. The van der Waals surface area contributed by atoms with Crippen molar-refractivity contribution in [2.75, 3.05) is 5.32 Å². The molecule has 0 heterocycles. The second-order valence-corrected chi connectivity index (χ2v) is 6.11. The molecule has 0 aliphatic heterocycles. The Labute approximate surface area is 144 Å². The van der Waals surface area contributed by atoms with Crippen LogP contribution in [0.1, 0.15) is 20.7 Å². The van der Waals surface area contributed by atoms with Gasteiger partial charge in [0.05, 0.1) is 15.7 Å². The average molecular weight is 436 g/mol. The van der Waals surface area contributed by atoms with E-state index in [0.717, 1.165) is 3.57 Å². The third kappa shape index (κ3) is 3.66. The molecule has 0 spiro atoms. The maximum absolute atomic E-state index is 12.2. The molecule has 1 amide bonds. The SMILES string of the molecule is O=C(Nc1c(Cl)ccc(Cl)c1C(=O)O)c1cccc(I)c1. The number of amides is 1. The van der Waals surface area contributed by atoms with Crippen molar-refractivity contribution in [1.29, 1.82) is 0 Å². The Morgan fingerprint density at radius 2 is 1.76 bits per heavy atom. The minimum absolute atomic E-state index is 0.00448. The number of carboxylic acids is 1. The van der Waals surface area contributed by atoms with Gasteiger partial charge in [-0.1, -0.05) is 29.3 Å². The maximum Gasteiger partial charge on any atom is 0.339 e. The number of carboxylic acid groups (broad SMARTS) is 1. The van der Waals surface area contributed by atoms with E-state index in [1.807, 2.05) is 6.07 Å². The van der Waals surface area contributed by atoms with Gasteiger partial charge in [-0.25, -0.2) is 4.79 Å². The first kappa shape index (κ1) is 16.1. The molecule has 0 aliphatic rings. The van der Waals surface area contributed by atoms with Crippen molar-refractivity contribution in [3.05, 3.63) is 61.1 Å². The fourth-order valence-corrected chi connectivity index (χ4v) is 2.68. The molecule has 2 aromatic rings. The quantitative estimate of drug-likeness (QED) is 0.695. The molecule has 108 valence electrons. The standard InChI is InChI=1S/C14H8Cl2INO3/c15-9-4-5-10(16)12(11(9)14(20)21)18-13(19)7-2-1-3-8(17)6-7/h1-6H,(H,18,19)(H,20,21). The zero-order chi connectivity index (χ0) is 15.6. The van der Waals surface area contributed by atoms with E-state index in [1.165, 1.54) is 12.1 Å². The monoisotopic (exact) mass is 435 g/mol. The van der Waals surface area contributed by atoms with E-state index in [0.29, 0.717) is 5.56 Å². The molecule has 2 aromatic carbocycles. The summed E-state index contributed by atoms with van der Waals surface area (Å²) in [7, 11) is 0. The number of halogens is 3. The summed E-state index contributed by atoms with van der Waals surface area (Å²) in [6, 6.07) is 9.67. The molecule has 2 N–H and O–H groups in total. The van der Waals surface area contributed by atoms with Crippen LogP contribution in [-0.4, -0.2) is 17.0 Å². The van der Waals surface area contributed by atoms with E-state index < -0.39 is 11.9 Å². The molecule has 0 saturated heterocycles. The van der Waals surface area contributed by atoms with Crippen molar-refractivity contribution < 1.29 is 14.7 Å². The molecule has 0 bridgehead atoms. The van der Waals surface area contributed by atoms with Crippen LogP contribution >= 0.6 is 45.8 Å². The zero-order valence-corrected chi connectivity index (χ0v) is 14.0. The lowest BCUT2D eigenvalue weighted by Crippen LogP contribution is -2.15. The van der Waals surface area contributed by atoms with Crippen LogP contribution in [0.25, 0.3) is 0 Å². The summed E-state index contributed by atoms with van der Waals surface area (Å²) in [4.78, 5) is 23.5. The fraction of sp³-hybridized carbons (Fsp3) is 0. The van der Waals surface area contributed by atoms with Crippen LogP contribution in [0, 0.1) is 3.57 Å². The zero-order valence-electron chi connectivity index (χ0n) is 10.4. The highest BCUT2D eigenvalue weighted by Gasteiger charge is 2.20. The molecule has 0 fully saturated rings. The maximum atomic E-state index is 12.2. The van der Waals surface area contributed by atoms with Crippen LogP contribution in [0.2, 0.25) is 10.0 Å². The molecular weight excluding hydrogens is 428 g/mol. The Balaban J connectivity index is 2.42. The van der Waals surface area contributed by atoms with Crippen LogP contribution in [0.15, 0.2) is 36.4 Å². The second-order valence-electron chi connectivity index (χ2n) is 4.05. The van der Waals surface area contributed by atoms with Gasteiger partial charge in [0.15, 0.2) is 0 Å². The normalized spacial score (nSPS) is 10.2. The van der Waals surface area contributed by atoms with Crippen LogP contribution in [0.3, 0.4) is 0 Å². The average Bonchev–Trinajstić information content (AvgIpc) is 2.42. The highest BCUT2D eigenvalue weighted by atomic mass is 127. The molecule has 21 heavy (non-hydrogen) atoms. The van der Waals surface area contributed by atoms with Gasteiger partial charge in [0.2, 0.25) is 0 Å². The topological polar surface area (TPSA) is 66.4 Å². The van der Waals surface area contributed by atoms with E-state index in [1.54, 1.807) is 18.2 Å². The number of carbonyl (C=O) groups excluding carboxylic acids is 1. The Morgan fingerprint density at radius 1 is 1.10 bits per heavy atom. The Hall–Kier alpha value is -1.31. The van der Waals surface area contributed by atoms with Crippen LogP contribution in [0.5, 0.6) is 0 Å². The third-order valence-electron chi connectivity index (χ3n) is 2.64. The largest absolute Gasteiger partial charge is 0.478 e. The summed E-state index contributed by atoms with van der Waals surface area (Å²) < 4.78 is 0.885. The van der Waals surface area contributed by atoms with E-state index in [9.17, 15) is 14.7 Å². The molecule has 0 saturated carbocycles. The second kappa shape index (κ2) is 6.64. The summed E-state index contributed by atoms with van der Waals surface area (Å²) in [5, 5.41) is 11.8. The van der Waals surface area contributed by atoms with Crippen LogP contribution in [-0.2, 0) is 0 Å². The number of benzene rings is 2. The molecule has 0 aromatic heterocycles. The van der Waals surface area contributed by atoms with Crippen molar-refractivity contribution in [3.63, 3.8) is 0 Å². The number of hydrogen-bond acceptors (Lipinski definition) is 2. The minimum atomic E-state index is -1.26. The smallest absolute Gasteiger partial charge is 0.339 e. The van der Waals surface area contributed by atoms with Gasteiger partial charge < -0.3 is 10.4 Å². The van der Waals surface area contributed by atoms with Crippen molar-refractivity contribution in [3.8, 4) is 0 Å². The predicted molar refractivity (Wildman–Crippen MR) is 90.5 cm³/mol. The number of hydrogen-bond donors (Lipinski definition) is 2. The van der Waals surface area contributed by atoms with E-state index in [-0.39, 0.29) is 21.3 Å². The number of rotatable bonds is 3. The number of nitrogens with one attached hydrogen (secondary N) is 1.